The van der Waals surface area contributed by atoms with Crippen molar-refractivity contribution in [2.75, 3.05) is 0 Å². The van der Waals surface area contributed by atoms with Crippen molar-refractivity contribution in [2.24, 2.45) is 9.98 Å². The van der Waals surface area contributed by atoms with E-state index in [1.54, 1.807) is 11.3 Å². The Morgan fingerprint density at radius 2 is 1.03 bits per heavy atom. The topological polar surface area (TPSA) is 24.7 Å². The lowest BCUT2D eigenvalue weighted by molar-refractivity contribution is 1.58. The number of rotatable bonds is 4. The molecule has 0 aliphatic rings. The van der Waals surface area contributed by atoms with E-state index in [2.05, 4.69) is 109 Å². The van der Waals surface area contributed by atoms with E-state index >= 15 is 0 Å². The Labute approximate surface area is 196 Å². The van der Waals surface area contributed by atoms with Crippen LogP contribution in [0.25, 0.3) is 32.3 Å². The molecular formula is C30H20N2S. The Balaban J connectivity index is 1.33. The fraction of sp³-hybridized carbons (Fsp3) is 0. The van der Waals surface area contributed by atoms with E-state index in [0.717, 1.165) is 26.5 Å². The highest BCUT2D eigenvalue weighted by Gasteiger charge is 2.06. The average molecular weight is 441 g/mol. The van der Waals surface area contributed by atoms with Gasteiger partial charge in [0.1, 0.15) is 0 Å². The van der Waals surface area contributed by atoms with Crippen LogP contribution in [0.2, 0.25) is 0 Å². The van der Waals surface area contributed by atoms with Crippen molar-refractivity contribution in [3.05, 3.63) is 119 Å². The molecule has 0 N–H and O–H groups in total. The molecule has 0 radical (unpaired) electrons. The third-order valence-corrected chi connectivity index (χ3v) is 6.76. The molecule has 0 saturated carbocycles. The third-order valence-electron chi connectivity index (χ3n) is 5.81. The Hall–Kier alpha value is -4.08. The summed E-state index contributed by atoms with van der Waals surface area (Å²) < 4.78 is 0. The molecule has 0 atom stereocenters. The summed E-state index contributed by atoms with van der Waals surface area (Å²) in [6.45, 7) is 0. The first kappa shape index (κ1) is 19.6. The fourth-order valence-corrected chi connectivity index (χ4v) is 4.97. The molecule has 3 heteroatoms. The van der Waals surface area contributed by atoms with Gasteiger partial charge in [-0.25, -0.2) is 0 Å². The van der Waals surface area contributed by atoms with Crippen LogP contribution in [0.5, 0.6) is 0 Å². The Bertz CT molecular complexity index is 1610. The van der Waals surface area contributed by atoms with Gasteiger partial charge in [-0.2, -0.15) is 0 Å². The van der Waals surface area contributed by atoms with E-state index < -0.39 is 0 Å². The lowest BCUT2D eigenvalue weighted by Gasteiger charge is -2.07. The first-order valence-corrected chi connectivity index (χ1v) is 11.7. The second-order valence-electron chi connectivity index (χ2n) is 7.92. The maximum absolute atomic E-state index is 4.95. The summed E-state index contributed by atoms with van der Waals surface area (Å²) in [6.07, 6.45) is 3.91. The van der Waals surface area contributed by atoms with E-state index in [9.17, 15) is 0 Å². The average Bonchev–Trinajstić information content (AvgIpc) is 3.33. The van der Waals surface area contributed by atoms with Crippen molar-refractivity contribution in [3.8, 4) is 0 Å². The molecule has 33 heavy (non-hydrogen) atoms. The summed E-state index contributed by atoms with van der Waals surface area (Å²) in [5.74, 6) is 0. The SMILES string of the molecule is C(=Nc1cccc2ccccc12)c1ccc(C=Nc2c3ccccc3cc3ccccc23)s1. The van der Waals surface area contributed by atoms with Crippen LogP contribution in [-0.4, -0.2) is 12.4 Å². The minimum atomic E-state index is 0.985. The number of hydrogen-bond donors (Lipinski definition) is 0. The van der Waals surface area contributed by atoms with Crippen molar-refractivity contribution >= 4 is 67.5 Å². The lowest BCUT2D eigenvalue weighted by atomic mass is 10.0. The summed E-state index contributed by atoms with van der Waals surface area (Å²) in [4.78, 5) is 11.9. The molecular weight excluding hydrogens is 420 g/mol. The van der Waals surface area contributed by atoms with Gasteiger partial charge >= 0.3 is 0 Å². The smallest absolute Gasteiger partial charge is 0.0786 e. The van der Waals surface area contributed by atoms with Crippen molar-refractivity contribution in [3.63, 3.8) is 0 Å². The lowest BCUT2D eigenvalue weighted by Crippen LogP contribution is -1.80. The molecule has 0 aliphatic heterocycles. The van der Waals surface area contributed by atoms with Crippen LogP contribution in [0.1, 0.15) is 9.75 Å². The highest BCUT2D eigenvalue weighted by Crippen LogP contribution is 2.35. The second kappa shape index (κ2) is 8.45. The number of benzene rings is 5. The monoisotopic (exact) mass is 440 g/mol. The summed E-state index contributed by atoms with van der Waals surface area (Å²) in [7, 11) is 0. The molecule has 0 amide bonds. The molecule has 0 bridgehead atoms. The molecule has 1 heterocycles. The normalized spacial score (nSPS) is 12.0. The Kier molecular flexibility index (Phi) is 5.02. The number of hydrogen-bond acceptors (Lipinski definition) is 3. The van der Waals surface area contributed by atoms with Gasteiger partial charge in [-0.1, -0.05) is 84.9 Å². The standard InChI is InChI=1S/C30H20N2S/c1-4-12-26-21(8-1)11-7-15-29(26)31-19-24-16-17-25(33-24)20-32-30-27-13-5-2-9-22(27)18-23-10-3-6-14-28(23)30/h1-20H. The quantitative estimate of drug-likeness (QED) is 0.193. The summed E-state index contributed by atoms with van der Waals surface area (Å²) in [6, 6.07) is 37.9. The van der Waals surface area contributed by atoms with Crippen molar-refractivity contribution < 1.29 is 0 Å². The number of fused-ring (bicyclic) bond motifs is 3. The minimum absolute atomic E-state index is 0.985. The number of nitrogens with zero attached hydrogens (tertiary/aromatic N) is 2. The summed E-state index contributed by atoms with van der Waals surface area (Å²) >= 11 is 1.69. The number of thiophene rings is 1. The van der Waals surface area contributed by atoms with Gasteiger partial charge in [0, 0.05) is 38.3 Å². The van der Waals surface area contributed by atoms with Gasteiger partial charge in [-0.15, -0.1) is 11.3 Å². The maximum atomic E-state index is 4.95. The van der Waals surface area contributed by atoms with Crippen LogP contribution in [0.15, 0.2) is 119 Å². The molecule has 0 spiro atoms. The fourth-order valence-electron chi connectivity index (χ4n) is 4.22. The van der Waals surface area contributed by atoms with Gasteiger partial charge in [0.25, 0.3) is 0 Å². The van der Waals surface area contributed by atoms with Gasteiger partial charge in [0.15, 0.2) is 0 Å². The summed E-state index contributed by atoms with van der Waals surface area (Å²) in [5.41, 5.74) is 2.00. The van der Waals surface area contributed by atoms with Crippen LogP contribution >= 0.6 is 11.3 Å². The molecule has 6 rings (SSSR count). The van der Waals surface area contributed by atoms with Crippen LogP contribution < -0.4 is 0 Å². The molecule has 0 aliphatic carbocycles. The minimum Gasteiger partial charge on any atom is -0.255 e. The van der Waals surface area contributed by atoms with Crippen LogP contribution in [-0.2, 0) is 0 Å². The Morgan fingerprint density at radius 1 is 0.485 bits per heavy atom. The summed E-state index contributed by atoms with van der Waals surface area (Å²) in [5, 5.41) is 7.12. The van der Waals surface area contributed by atoms with Crippen LogP contribution in [0, 0.1) is 0 Å². The zero-order valence-electron chi connectivity index (χ0n) is 17.8. The Morgan fingerprint density at radius 3 is 1.73 bits per heavy atom. The van der Waals surface area contributed by atoms with E-state index in [1.165, 1.54) is 26.9 Å². The first-order valence-electron chi connectivity index (χ1n) is 10.9. The zero-order valence-corrected chi connectivity index (χ0v) is 18.7. The maximum Gasteiger partial charge on any atom is 0.0786 e. The van der Waals surface area contributed by atoms with E-state index in [-0.39, 0.29) is 0 Å². The number of aliphatic imine (C=N–C) groups is 2. The van der Waals surface area contributed by atoms with Gasteiger partial charge in [0.05, 0.1) is 11.4 Å². The molecule has 156 valence electrons. The van der Waals surface area contributed by atoms with Crippen molar-refractivity contribution in [2.45, 2.75) is 0 Å². The van der Waals surface area contributed by atoms with E-state index in [0.29, 0.717) is 0 Å². The zero-order chi connectivity index (χ0) is 22.0. The highest BCUT2D eigenvalue weighted by atomic mass is 32.1. The third kappa shape index (κ3) is 3.84. The highest BCUT2D eigenvalue weighted by molar-refractivity contribution is 7.15. The van der Waals surface area contributed by atoms with E-state index in [4.69, 9.17) is 9.98 Å². The second-order valence-corrected chi connectivity index (χ2v) is 9.07. The van der Waals surface area contributed by atoms with Gasteiger partial charge < -0.3 is 0 Å². The molecule has 5 aromatic carbocycles. The molecule has 0 saturated heterocycles. The predicted octanol–water partition coefficient (Wildman–Crippen LogP) is 8.71. The molecule has 6 aromatic rings. The van der Waals surface area contributed by atoms with Crippen LogP contribution in [0.3, 0.4) is 0 Å². The van der Waals surface area contributed by atoms with Gasteiger partial charge in [0.2, 0.25) is 0 Å². The molecule has 0 unspecified atom stereocenters. The first-order chi connectivity index (χ1) is 16.3. The van der Waals surface area contributed by atoms with Gasteiger partial charge in [-0.05, 0) is 40.4 Å². The van der Waals surface area contributed by atoms with Crippen LogP contribution in [0.4, 0.5) is 11.4 Å². The van der Waals surface area contributed by atoms with Gasteiger partial charge in [-0.3, -0.25) is 9.98 Å². The molecule has 1 aromatic heterocycles. The predicted molar refractivity (Wildman–Crippen MR) is 144 cm³/mol. The van der Waals surface area contributed by atoms with Crippen molar-refractivity contribution in [1.29, 1.82) is 0 Å². The van der Waals surface area contributed by atoms with Crippen molar-refractivity contribution in [1.82, 2.24) is 0 Å². The molecule has 2 nitrogen and oxygen atoms in total. The largest absolute Gasteiger partial charge is 0.255 e. The molecule has 0 fully saturated rings. The van der Waals surface area contributed by atoms with E-state index in [1.807, 2.05) is 12.4 Å².